The Bertz CT molecular complexity index is 242. The van der Waals surface area contributed by atoms with Gasteiger partial charge in [-0.25, -0.2) is 0 Å². The number of aliphatic hydroxyl groups excluding tert-OH is 1. The van der Waals surface area contributed by atoms with Crippen LogP contribution in [0.2, 0.25) is 0 Å². The van der Waals surface area contributed by atoms with Gasteiger partial charge in [0.2, 0.25) is 0 Å². The van der Waals surface area contributed by atoms with Crippen LogP contribution in [0.15, 0.2) is 0 Å². The number of nitrogens with one attached hydrogen (secondary N) is 1. The average molecular weight is 259 g/mol. The highest BCUT2D eigenvalue weighted by Crippen LogP contribution is 2.15. The first-order valence-corrected chi connectivity index (χ1v) is 6.33. The van der Waals surface area contributed by atoms with Crippen molar-refractivity contribution in [2.45, 2.75) is 45.6 Å². The van der Waals surface area contributed by atoms with Crippen LogP contribution < -0.4 is 5.32 Å². The molecule has 0 aromatic heterocycles. The Hall–Kier alpha value is -0.940. The highest BCUT2D eigenvalue weighted by Gasteiger charge is 2.15. The predicted molar refractivity (Wildman–Crippen MR) is 69.2 cm³/mol. The Morgan fingerprint density at radius 2 is 1.94 bits per heavy atom. The molecule has 1 heterocycles. The van der Waals surface area contributed by atoms with Gasteiger partial charge >= 0.3 is 0 Å². The zero-order valence-electron chi connectivity index (χ0n) is 11.6. The highest BCUT2D eigenvalue weighted by atomic mass is 16.5. The zero-order valence-corrected chi connectivity index (χ0v) is 11.6. The van der Waals surface area contributed by atoms with Crippen LogP contribution in [0.25, 0.3) is 0 Å². The Morgan fingerprint density at radius 3 is 2.28 bits per heavy atom. The molecule has 1 rings (SSSR count). The maximum absolute atomic E-state index is 10.8. The number of ether oxygens (including phenoxy) is 1. The van der Waals surface area contributed by atoms with Crippen LogP contribution in [0.1, 0.15) is 40.0 Å². The van der Waals surface area contributed by atoms with Crippen LogP contribution in [0, 0.1) is 5.92 Å². The van der Waals surface area contributed by atoms with Gasteiger partial charge in [0.05, 0.1) is 0 Å². The second-order valence-electron chi connectivity index (χ2n) is 5.42. The molecule has 0 saturated carbocycles. The summed E-state index contributed by atoms with van der Waals surface area (Å²) in [7, 11) is 0. The first kappa shape index (κ1) is 17.1. The lowest BCUT2D eigenvalue weighted by atomic mass is 9.93. The van der Waals surface area contributed by atoms with E-state index in [9.17, 15) is 9.59 Å². The summed E-state index contributed by atoms with van der Waals surface area (Å²) in [5.41, 5.74) is -0.318. The van der Waals surface area contributed by atoms with E-state index in [-0.39, 0.29) is 18.0 Å². The standard InChI is InChI=1S/C8H15NO2.C5H10O2/c10-6-8(11)5-7-1-3-9-4-2-7;1-5(2,3)7-4-6/h7,9-10H,1-6H2;4H,1-3H3. The molecule has 0 atom stereocenters. The number of ketones is 1. The van der Waals surface area contributed by atoms with Gasteiger partial charge in [-0.15, -0.1) is 0 Å². The molecule has 0 radical (unpaired) electrons. The minimum atomic E-state index is -0.318. The molecule has 5 heteroatoms. The third-order valence-corrected chi connectivity index (χ3v) is 2.55. The lowest BCUT2D eigenvalue weighted by Gasteiger charge is -2.21. The molecule has 5 nitrogen and oxygen atoms in total. The topological polar surface area (TPSA) is 75.6 Å². The smallest absolute Gasteiger partial charge is 0.293 e. The van der Waals surface area contributed by atoms with Gasteiger partial charge < -0.3 is 15.2 Å². The molecule has 2 N–H and O–H groups in total. The summed E-state index contributed by atoms with van der Waals surface area (Å²) in [6, 6.07) is 0. The lowest BCUT2D eigenvalue weighted by Crippen LogP contribution is -2.29. The monoisotopic (exact) mass is 259 g/mol. The van der Waals surface area contributed by atoms with Crippen molar-refractivity contribution >= 4 is 12.3 Å². The fourth-order valence-electron chi connectivity index (χ4n) is 1.62. The molecule has 1 fully saturated rings. The van der Waals surface area contributed by atoms with E-state index in [1.54, 1.807) is 0 Å². The summed E-state index contributed by atoms with van der Waals surface area (Å²) in [4.78, 5) is 20.4. The van der Waals surface area contributed by atoms with E-state index >= 15 is 0 Å². The number of hydrogen-bond donors (Lipinski definition) is 2. The van der Waals surface area contributed by atoms with Gasteiger partial charge in [-0.2, -0.15) is 0 Å². The van der Waals surface area contributed by atoms with E-state index in [1.165, 1.54) is 0 Å². The largest absolute Gasteiger partial charge is 0.462 e. The number of hydrogen-bond acceptors (Lipinski definition) is 5. The molecule has 0 amide bonds. The number of aliphatic hydroxyl groups is 1. The third kappa shape index (κ3) is 10.2. The average Bonchev–Trinajstić information content (AvgIpc) is 2.29. The Balaban J connectivity index is 0.000000360. The molecular weight excluding hydrogens is 234 g/mol. The number of rotatable bonds is 4. The fraction of sp³-hybridized carbons (Fsp3) is 0.846. The maximum Gasteiger partial charge on any atom is 0.293 e. The minimum Gasteiger partial charge on any atom is -0.462 e. The van der Waals surface area contributed by atoms with E-state index in [2.05, 4.69) is 10.1 Å². The second kappa shape index (κ2) is 9.05. The molecule has 0 aromatic rings. The van der Waals surface area contributed by atoms with E-state index in [4.69, 9.17) is 5.11 Å². The van der Waals surface area contributed by atoms with Gasteiger partial charge in [-0.3, -0.25) is 9.59 Å². The van der Waals surface area contributed by atoms with Crippen LogP contribution in [0.5, 0.6) is 0 Å². The van der Waals surface area contributed by atoms with E-state index in [0.717, 1.165) is 25.9 Å². The molecule has 0 spiro atoms. The third-order valence-electron chi connectivity index (χ3n) is 2.55. The first-order chi connectivity index (χ1) is 8.39. The van der Waals surface area contributed by atoms with Gasteiger partial charge in [-0.05, 0) is 52.6 Å². The van der Waals surface area contributed by atoms with E-state index in [0.29, 0.717) is 18.8 Å². The normalized spacial score (nSPS) is 16.4. The molecule has 0 bridgehead atoms. The molecule has 0 aliphatic carbocycles. The van der Waals surface area contributed by atoms with E-state index < -0.39 is 0 Å². The minimum absolute atomic E-state index is 0.0168. The summed E-state index contributed by atoms with van der Waals surface area (Å²) in [6.07, 6.45) is 2.72. The molecule has 1 saturated heterocycles. The quantitative estimate of drug-likeness (QED) is 0.733. The van der Waals surface area contributed by atoms with Gasteiger partial charge in [0, 0.05) is 6.42 Å². The van der Waals surface area contributed by atoms with Crippen LogP contribution >= 0.6 is 0 Å². The lowest BCUT2D eigenvalue weighted by molar-refractivity contribution is -0.138. The summed E-state index contributed by atoms with van der Waals surface area (Å²) < 4.78 is 4.55. The van der Waals surface area contributed by atoms with Crippen molar-refractivity contribution in [1.29, 1.82) is 0 Å². The van der Waals surface area contributed by atoms with Crippen LogP contribution in [0.3, 0.4) is 0 Å². The van der Waals surface area contributed by atoms with Crippen molar-refractivity contribution in [3.8, 4) is 0 Å². The van der Waals surface area contributed by atoms with Crippen molar-refractivity contribution < 1.29 is 19.4 Å². The van der Waals surface area contributed by atoms with Crippen LogP contribution in [-0.2, 0) is 14.3 Å². The number of Topliss-reactive ketones (excluding diaryl/α,β-unsaturated/α-hetero) is 1. The summed E-state index contributed by atoms with van der Waals surface area (Å²) in [5.74, 6) is 0.493. The van der Waals surface area contributed by atoms with Crippen molar-refractivity contribution in [2.24, 2.45) is 5.92 Å². The molecular formula is C13H25NO4. The van der Waals surface area contributed by atoms with Gasteiger partial charge in [0.25, 0.3) is 6.47 Å². The van der Waals surface area contributed by atoms with Crippen molar-refractivity contribution in [2.75, 3.05) is 19.7 Å². The van der Waals surface area contributed by atoms with Crippen molar-refractivity contribution in [1.82, 2.24) is 5.32 Å². The number of carbonyl (C=O) groups is 2. The SMILES string of the molecule is CC(C)(C)OC=O.O=C(CO)CC1CCNCC1. The van der Waals surface area contributed by atoms with Crippen LogP contribution in [-0.4, -0.2) is 42.7 Å². The van der Waals surface area contributed by atoms with Gasteiger partial charge in [0.15, 0.2) is 5.78 Å². The Labute approximate surface area is 109 Å². The molecule has 106 valence electrons. The summed E-state index contributed by atoms with van der Waals surface area (Å²) in [6.45, 7) is 7.67. The fourth-order valence-corrected chi connectivity index (χ4v) is 1.62. The van der Waals surface area contributed by atoms with Crippen molar-refractivity contribution in [3.63, 3.8) is 0 Å². The number of carbonyl (C=O) groups excluding carboxylic acids is 2. The number of piperidine rings is 1. The van der Waals surface area contributed by atoms with Crippen molar-refractivity contribution in [3.05, 3.63) is 0 Å². The van der Waals surface area contributed by atoms with E-state index in [1.807, 2.05) is 20.8 Å². The second-order valence-corrected chi connectivity index (χ2v) is 5.42. The maximum atomic E-state index is 10.8. The zero-order chi connectivity index (χ0) is 14.0. The van der Waals surface area contributed by atoms with Gasteiger partial charge in [0.1, 0.15) is 12.2 Å². The van der Waals surface area contributed by atoms with Gasteiger partial charge in [-0.1, -0.05) is 0 Å². The molecule has 1 aliphatic heterocycles. The first-order valence-electron chi connectivity index (χ1n) is 6.33. The molecule has 18 heavy (non-hydrogen) atoms. The summed E-state index contributed by atoms with van der Waals surface area (Å²) in [5, 5.41) is 11.7. The predicted octanol–water partition coefficient (Wildman–Crippen LogP) is 0.895. The molecule has 0 aromatic carbocycles. The molecule has 0 unspecified atom stereocenters. The highest BCUT2D eigenvalue weighted by molar-refractivity contribution is 5.79. The molecule has 1 aliphatic rings. The Morgan fingerprint density at radius 1 is 1.39 bits per heavy atom. The van der Waals surface area contributed by atoms with Crippen LogP contribution in [0.4, 0.5) is 0 Å². The summed E-state index contributed by atoms with van der Waals surface area (Å²) >= 11 is 0. The Kier molecular flexibility index (Phi) is 8.58.